The number of benzene rings is 3. The number of amides is 1. The van der Waals surface area contributed by atoms with E-state index in [1.807, 2.05) is 0 Å². The van der Waals surface area contributed by atoms with Gasteiger partial charge < -0.3 is 15.4 Å². The van der Waals surface area contributed by atoms with Gasteiger partial charge in [0.2, 0.25) is 5.91 Å². The molecule has 0 bridgehead atoms. The minimum Gasteiger partial charge on any atom is -0.365 e. The van der Waals surface area contributed by atoms with Crippen LogP contribution in [0, 0.1) is 25.5 Å². The van der Waals surface area contributed by atoms with E-state index in [1.165, 1.54) is 35.7 Å². The van der Waals surface area contributed by atoms with Crippen molar-refractivity contribution in [2.24, 2.45) is 0 Å². The third-order valence-corrected chi connectivity index (χ3v) is 7.73. The number of piperidine rings is 1. The number of hydrogen-bond donors (Lipinski definition) is 2. The van der Waals surface area contributed by atoms with E-state index < -0.39 is 17.2 Å². The molecule has 2 aliphatic heterocycles. The summed E-state index contributed by atoms with van der Waals surface area (Å²) in [7, 11) is 0. The molecule has 0 aromatic heterocycles. The number of carbonyl (C=O) groups excluding carboxylic acids is 1. The minimum absolute atomic E-state index is 0.0254. The van der Waals surface area contributed by atoms with Crippen LogP contribution in [0.1, 0.15) is 52.6 Å². The molecular weight excluding hydrogens is 458 g/mol. The van der Waals surface area contributed by atoms with Crippen LogP contribution >= 0.6 is 0 Å². The maximum Gasteiger partial charge on any atom is 0.216 e. The Kier molecular flexibility index (Phi) is 6.66. The van der Waals surface area contributed by atoms with Gasteiger partial charge in [-0.05, 0) is 89.9 Å². The van der Waals surface area contributed by atoms with Crippen molar-refractivity contribution in [2.45, 2.75) is 51.7 Å². The summed E-state index contributed by atoms with van der Waals surface area (Å²) in [5.74, 6) is -1.71. The fourth-order valence-corrected chi connectivity index (χ4v) is 6.05. The highest BCUT2D eigenvalue weighted by Gasteiger charge is 2.49. The van der Waals surface area contributed by atoms with Crippen LogP contribution in [-0.2, 0) is 28.2 Å². The molecule has 36 heavy (non-hydrogen) atoms. The smallest absolute Gasteiger partial charge is 0.216 e. The van der Waals surface area contributed by atoms with E-state index >= 15 is 0 Å². The summed E-state index contributed by atoms with van der Waals surface area (Å²) in [5.41, 5.74) is 7.82. The van der Waals surface area contributed by atoms with Gasteiger partial charge in [0, 0.05) is 25.9 Å². The molecule has 0 aliphatic carbocycles. The highest BCUT2D eigenvalue weighted by atomic mass is 19.2. The van der Waals surface area contributed by atoms with Gasteiger partial charge in [0.1, 0.15) is 5.60 Å². The number of nitrogens with one attached hydrogen (secondary N) is 2. The molecule has 2 aliphatic rings. The monoisotopic (exact) mass is 490 g/mol. The lowest BCUT2D eigenvalue weighted by molar-refractivity contribution is -0.118. The Balaban J connectivity index is 1.52. The van der Waals surface area contributed by atoms with Gasteiger partial charge in [-0.25, -0.2) is 8.78 Å². The summed E-state index contributed by atoms with van der Waals surface area (Å²) in [6.45, 7) is 8.09. The number of fused-ring (bicyclic) bond motifs is 2. The molecule has 188 valence electrons. The quantitative estimate of drug-likeness (QED) is 0.502. The summed E-state index contributed by atoms with van der Waals surface area (Å²) in [6, 6.07) is 15.4. The van der Waals surface area contributed by atoms with Gasteiger partial charge in [-0.1, -0.05) is 36.4 Å². The van der Waals surface area contributed by atoms with Crippen LogP contribution in [0.4, 0.5) is 8.78 Å². The predicted molar refractivity (Wildman–Crippen MR) is 137 cm³/mol. The summed E-state index contributed by atoms with van der Waals surface area (Å²) < 4.78 is 34.6. The molecule has 1 amide bonds. The van der Waals surface area contributed by atoms with Crippen LogP contribution in [0.5, 0.6) is 0 Å². The van der Waals surface area contributed by atoms with Crippen molar-refractivity contribution in [1.82, 2.24) is 10.6 Å². The highest BCUT2D eigenvalue weighted by Crippen LogP contribution is 2.51. The van der Waals surface area contributed by atoms with Crippen molar-refractivity contribution in [3.8, 4) is 11.1 Å². The van der Waals surface area contributed by atoms with Crippen LogP contribution in [0.15, 0.2) is 48.5 Å². The zero-order chi connectivity index (χ0) is 25.4. The fourth-order valence-electron chi connectivity index (χ4n) is 6.05. The lowest BCUT2D eigenvalue weighted by Crippen LogP contribution is -2.46. The summed E-state index contributed by atoms with van der Waals surface area (Å²) in [5, 5.41) is 6.37. The van der Waals surface area contributed by atoms with Gasteiger partial charge in [0.05, 0.1) is 6.61 Å². The Morgan fingerprint density at radius 3 is 2.69 bits per heavy atom. The van der Waals surface area contributed by atoms with Crippen LogP contribution in [-0.4, -0.2) is 25.5 Å². The predicted octanol–water partition coefficient (Wildman–Crippen LogP) is 5.43. The fraction of sp³-hybridized carbons (Fsp3) is 0.367. The lowest BCUT2D eigenvalue weighted by atomic mass is 9.71. The molecule has 1 spiro atoms. The molecule has 1 saturated heterocycles. The SMILES string of the molecule is CC(=O)NCCc1cccc(C)c1-c1ccc(C2CNCC[C@@]23OCc2cc(F)c(F)cc23)c(C)c1. The second-order valence-electron chi connectivity index (χ2n) is 10.0. The largest absolute Gasteiger partial charge is 0.365 e. The van der Waals surface area contributed by atoms with Gasteiger partial charge in [-0.15, -0.1) is 0 Å². The lowest BCUT2D eigenvalue weighted by Gasteiger charge is -2.42. The first-order valence-electron chi connectivity index (χ1n) is 12.6. The van der Waals surface area contributed by atoms with Gasteiger partial charge in [0.15, 0.2) is 11.6 Å². The molecule has 2 N–H and O–H groups in total. The van der Waals surface area contributed by atoms with E-state index in [9.17, 15) is 13.6 Å². The van der Waals surface area contributed by atoms with E-state index in [1.54, 1.807) is 0 Å². The Morgan fingerprint density at radius 1 is 1.11 bits per heavy atom. The first kappa shape index (κ1) is 24.6. The average Bonchev–Trinajstić information content (AvgIpc) is 3.17. The van der Waals surface area contributed by atoms with Gasteiger partial charge in [-0.3, -0.25) is 4.79 Å². The molecule has 5 rings (SSSR count). The molecule has 0 saturated carbocycles. The van der Waals surface area contributed by atoms with Crippen LogP contribution < -0.4 is 10.6 Å². The number of ether oxygens (including phenoxy) is 1. The van der Waals surface area contributed by atoms with Gasteiger partial charge in [-0.2, -0.15) is 0 Å². The Hall–Kier alpha value is -3.09. The highest BCUT2D eigenvalue weighted by molar-refractivity contribution is 5.74. The zero-order valence-corrected chi connectivity index (χ0v) is 21.0. The third-order valence-electron chi connectivity index (χ3n) is 7.73. The zero-order valence-electron chi connectivity index (χ0n) is 21.0. The Labute approximate surface area is 211 Å². The molecule has 0 radical (unpaired) electrons. The number of aryl methyl sites for hydroxylation is 2. The van der Waals surface area contributed by atoms with Gasteiger partial charge in [0.25, 0.3) is 0 Å². The normalized spacial score (nSPS) is 21.0. The second-order valence-corrected chi connectivity index (χ2v) is 10.0. The standard InChI is InChI=1S/C30H32F2N2O2/c1-18-5-4-6-21(9-11-34-20(3)35)29(18)22-7-8-24(19(2)13-22)26-16-33-12-10-30(26)25-15-28(32)27(31)14-23(25)17-36-30/h4-8,13-15,26,33H,9-12,16-17H2,1-3H3,(H,34,35)/t26?,30-/m0/s1. The number of carbonyl (C=O) groups is 1. The maximum absolute atomic E-state index is 14.3. The van der Waals surface area contributed by atoms with Crippen molar-refractivity contribution in [3.63, 3.8) is 0 Å². The molecule has 2 heterocycles. The first-order chi connectivity index (χ1) is 17.3. The summed E-state index contributed by atoms with van der Waals surface area (Å²) in [4.78, 5) is 11.3. The molecule has 2 atom stereocenters. The molecular formula is C30H32F2N2O2. The molecule has 3 aromatic rings. The van der Waals surface area contributed by atoms with Crippen molar-refractivity contribution in [2.75, 3.05) is 19.6 Å². The van der Waals surface area contributed by atoms with Crippen LogP contribution in [0.3, 0.4) is 0 Å². The van der Waals surface area contributed by atoms with Crippen LogP contribution in [0.25, 0.3) is 11.1 Å². The maximum atomic E-state index is 14.3. The Morgan fingerprint density at radius 2 is 1.92 bits per heavy atom. The topological polar surface area (TPSA) is 50.4 Å². The number of hydrogen-bond acceptors (Lipinski definition) is 3. The summed E-state index contributed by atoms with van der Waals surface area (Å²) in [6.07, 6.45) is 1.45. The van der Waals surface area contributed by atoms with Crippen LogP contribution in [0.2, 0.25) is 0 Å². The van der Waals surface area contributed by atoms with Crippen molar-refractivity contribution in [1.29, 1.82) is 0 Å². The molecule has 6 heteroatoms. The van der Waals surface area contributed by atoms with Crippen molar-refractivity contribution >= 4 is 5.91 Å². The number of halogens is 2. The van der Waals surface area contributed by atoms with E-state index in [0.29, 0.717) is 26.1 Å². The first-order valence-corrected chi connectivity index (χ1v) is 12.6. The van der Waals surface area contributed by atoms with E-state index in [4.69, 9.17) is 4.74 Å². The van der Waals surface area contributed by atoms with E-state index in [2.05, 4.69) is 60.9 Å². The molecule has 4 nitrogen and oxygen atoms in total. The average molecular weight is 491 g/mol. The molecule has 3 aromatic carbocycles. The number of rotatable bonds is 5. The van der Waals surface area contributed by atoms with E-state index in [0.717, 1.165) is 40.8 Å². The van der Waals surface area contributed by atoms with Crippen molar-refractivity contribution < 1.29 is 18.3 Å². The molecule has 1 unspecified atom stereocenters. The van der Waals surface area contributed by atoms with Gasteiger partial charge >= 0.3 is 0 Å². The second kappa shape index (κ2) is 9.75. The molecule has 1 fully saturated rings. The summed E-state index contributed by atoms with van der Waals surface area (Å²) >= 11 is 0. The Bertz CT molecular complexity index is 1320. The third kappa shape index (κ3) is 4.33. The van der Waals surface area contributed by atoms with E-state index in [-0.39, 0.29) is 11.8 Å². The van der Waals surface area contributed by atoms with Crippen molar-refractivity contribution in [3.05, 3.63) is 93.5 Å². The minimum atomic E-state index is -0.826.